The Bertz CT molecular complexity index is 575. The largest absolute Gasteiger partial charge is 0.350 e. The number of rotatable bonds is 4. The van der Waals surface area contributed by atoms with Crippen LogP contribution in [-0.4, -0.2) is 23.9 Å². The molecule has 1 aliphatic carbocycles. The van der Waals surface area contributed by atoms with Gasteiger partial charge >= 0.3 is 0 Å². The number of anilines is 1. The number of amides is 2. The zero-order valence-corrected chi connectivity index (χ0v) is 14.7. The molecule has 5 nitrogen and oxygen atoms in total. The fourth-order valence-corrected chi connectivity index (χ4v) is 2.78. The van der Waals surface area contributed by atoms with E-state index in [4.69, 9.17) is 5.73 Å². The molecule has 128 valence electrons. The number of carbonyl (C=O) groups is 2. The fourth-order valence-electron chi connectivity index (χ4n) is 2.78. The second-order valence-electron chi connectivity index (χ2n) is 6.42. The molecule has 1 aromatic carbocycles. The summed E-state index contributed by atoms with van der Waals surface area (Å²) in [7, 11) is 0. The molecule has 2 rings (SSSR count). The van der Waals surface area contributed by atoms with E-state index in [1.165, 1.54) is 0 Å². The summed E-state index contributed by atoms with van der Waals surface area (Å²) >= 11 is 0. The molecule has 0 aromatic heterocycles. The minimum atomic E-state index is -0.119. The second-order valence-corrected chi connectivity index (χ2v) is 6.42. The minimum absolute atomic E-state index is 0. The molecule has 1 fully saturated rings. The zero-order valence-electron chi connectivity index (χ0n) is 13.9. The van der Waals surface area contributed by atoms with Gasteiger partial charge in [0.2, 0.25) is 5.91 Å². The highest BCUT2D eigenvalue weighted by Gasteiger charge is 2.27. The van der Waals surface area contributed by atoms with Gasteiger partial charge in [-0.1, -0.05) is 6.07 Å². The van der Waals surface area contributed by atoms with E-state index in [9.17, 15) is 9.59 Å². The van der Waals surface area contributed by atoms with Gasteiger partial charge in [-0.3, -0.25) is 9.59 Å². The topological polar surface area (TPSA) is 84.2 Å². The molecule has 0 saturated heterocycles. The molecule has 4 N–H and O–H groups in total. The van der Waals surface area contributed by atoms with Crippen molar-refractivity contribution in [1.82, 2.24) is 5.32 Å². The third-order valence-electron chi connectivity index (χ3n) is 4.01. The summed E-state index contributed by atoms with van der Waals surface area (Å²) in [6.45, 7) is 5.72. The third kappa shape index (κ3) is 5.22. The zero-order chi connectivity index (χ0) is 16.3. The highest BCUT2D eigenvalue weighted by molar-refractivity contribution is 5.99. The van der Waals surface area contributed by atoms with E-state index in [0.29, 0.717) is 11.3 Å². The predicted molar refractivity (Wildman–Crippen MR) is 95.0 cm³/mol. The summed E-state index contributed by atoms with van der Waals surface area (Å²) in [6, 6.07) is 5.62. The fraction of sp³-hybridized carbons (Fsp3) is 0.529. The molecular weight excluding hydrogens is 314 g/mol. The lowest BCUT2D eigenvalue weighted by molar-refractivity contribution is -0.119. The van der Waals surface area contributed by atoms with Crippen molar-refractivity contribution in [3.8, 4) is 0 Å². The van der Waals surface area contributed by atoms with Gasteiger partial charge in [-0.05, 0) is 57.7 Å². The number of nitrogens with one attached hydrogen (secondary N) is 2. The second kappa shape index (κ2) is 8.31. The third-order valence-corrected chi connectivity index (χ3v) is 4.01. The number of aryl methyl sites for hydroxylation is 1. The lowest BCUT2D eigenvalue weighted by atomic mass is 10.0. The molecule has 2 amide bonds. The number of hydrogen-bond acceptors (Lipinski definition) is 3. The molecule has 2 atom stereocenters. The maximum atomic E-state index is 12.2. The lowest BCUT2D eigenvalue weighted by Crippen LogP contribution is -2.30. The van der Waals surface area contributed by atoms with Gasteiger partial charge in [-0.25, -0.2) is 0 Å². The molecular formula is C17H26ClN3O2. The highest BCUT2D eigenvalue weighted by Crippen LogP contribution is 2.26. The molecule has 2 unspecified atom stereocenters. The predicted octanol–water partition coefficient (Wildman–Crippen LogP) is 2.62. The first kappa shape index (κ1) is 19.5. The first-order chi connectivity index (χ1) is 10.4. The van der Waals surface area contributed by atoms with E-state index >= 15 is 0 Å². The molecule has 6 heteroatoms. The normalized spacial score (nSPS) is 20.0. The summed E-state index contributed by atoms with van der Waals surface area (Å²) < 4.78 is 0. The van der Waals surface area contributed by atoms with E-state index < -0.39 is 0 Å². The van der Waals surface area contributed by atoms with Gasteiger partial charge in [-0.2, -0.15) is 0 Å². The lowest BCUT2D eigenvalue weighted by Gasteiger charge is -2.14. The Morgan fingerprint density at radius 3 is 2.52 bits per heavy atom. The van der Waals surface area contributed by atoms with E-state index in [-0.39, 0.29) is 42.2 Å². The number of hydrogen-bond donors (Lipinski definition) is 3. The summed E-state index contributed by atoms with van der Waals surface area (Å²) in [6.07, 6.45) is 2.46. The van der Waals surface area contributed by atoms with Crippen LogP contribution in [0.5, 0.6) is 0 Å². The van der Waals surface area contributed by atoms with Crippen LogP contribution in [0.15, 0.2) is 18.2 Å². The summed E-state index contributed by atoms with van der Waals surface area (Å²) in [4.78, 5) is 24.4. The average Bonchev–Trinajstić information content (AvgIpc) is 2.87. The van der Waals surface area contributed by atoms with Crippen LogP contribution in [-0.2, 0) is 4.79 Å². The Kier molecular flexibility index (Phi) is 7.03. The van der Waals surface area contributed by atoms with E-state index in [1.54, 1.807) is 6.07 Å². The van der Waals surface area contributed by atoms with Gasteiger partial charge < -0.3 is 16.4 Å². The van der Waals surface area contributed by atoms with Crippen molar-refractivity contribution in [3.63, 3.8) is 0 Å². The van der Waals surface area contributed by atoms with Gasteiger partial charge in [-0.15, -0.1) is 12.4 Å². The van der Waals surface area contributed by atoms with E-state index in [1.807, 2.05) is 32.9 Å². The summed E-state index contributed by atoms with van der Waals surface area (Å²) in [5, 5.41) is 5.78. The van der Waals surface area contributed by atoms with Crippen LogP contribution in [0.2, 0.25) is 0 Å². The number of benzene rings is 1. The standard InChI is InChI=1S/C17H25N3O2.ClH/c1-10(2)19-17(22)15-9-14(7-4-11(15)3)20-16(21)12-5-6-13(18)8-12;/h4,7,9-10,12-13H,5-6,8,18H2,1-3H3,(H,19,22)(H,20,21);1H. The maximum Gasteiger partial charge on any atom is 0.251 e. The summed E-state index contributed by atoms with van der Waals surface area (Å²) in [5.41, 5.74) is 7.99. The van der Waals surface area contributed by atoms with Crippen LogP contribution in [0.3, 0.4) is 0 Å². The molecule has 0 spiro atoms. The average molecular weight is 340 g/mol. The van der Waals surface area contributed by atoms with Crippen molar-refractivity contribution in [3.05, 3.63) is 29.3 Å². The first-order valence-corrected chi connectivity index (χ1v) is 7.84. The van der Waals surface area contributed by atoms with Crippen molar-refractivity contribution >= 4 is 29.9 Å². The molecule has 0 radical (unpaired) electrons. The minimum Gasteiger partial charge on any atom is -0.350 e. The van der Waals surface area contributed by atoms with Crippen LogP contribution in [0.4, 0.5) is 5.69 Å². The molecule has 23 heavy (non-hydrogen) atoms. The van der Waals surface area contributed by atoms with Gasteiger partial charge in [0.05, 0.1) is 0 Å². The Hall–Kier alpha value is -1.59. The molecule has 1 aliphatic rings. The molecule has 1 aromatic rings. The van der Waals surface area contributed by atoms with E-state index in [0.717, 1.165) is 24.8 Å². The SMILES string of the molecule is Cc1ccc(NC(=O)C2CCC(N)C2)cc1C(=O)NC(C)C.Cl. The maximum absolute atomic E-state index is 12.2. The molecule has 0 aliphatic heterocycles. The van der Waals surface area contributed by atoms with Crippen LogP contribution in [0.1, 0.15) is 49.0 Å². The first-order valence-electron chi connectivity index (χ1n) is 7.84. The molecule has 0 heterocycles. The number of carbonyl (C=O) groups excluding carboxylic acids is 2. The molecule has 0 bridgehead atoms. The van der Waals surface area contributed by atoms with Crippen molar-refractivity contribution in [2.24, 2.45) is 11.7 Å². The van der Waals surface area contributed by atoms with Crippen LogP contribution < -0.4 is 16.4 Å². The van der Waals surface area contributed by atoms with Gasteiger partial charge in [0.1, 0.15) is 0 Å². The Balaban J connectivity index is 0.00000264. The Labute approximate surface area is 143 Å². The van der Waals surface area contributed by atoms with E-state index in [2.05, 4.69) is 10.6 Å². The van der Waals surface area contributed by atoms with Gasteiger partial charge in [0, 0.05) is 29.3 Å². The van der Waals surface area contributed by atoms with Crippen molar-refractivity contribution < 1.29 is 9.59 Å². The monoisotopic (exact) mass is 339 g/mol. The highest BCUT2D eigenvalue weighted by atomic mass is 35.5. The number of halogens is 1. The van der Waals surface area contributed by atoms with Crippen LogP contribution in [0.25, 0.3) is 0 Å². The van der Waals surface area contributed by atoms with Crippen molar-refractivity contribution in [2.45, 2.75) is 52.1 Å². The summed E-state index contributed by atoms with van der Waals surface area (Å²) in [5.74, 6) is -0.150. The van der Waals surface area contributed by atoms with Gasteiger partial charge in [0.15, 0.2) is 0 Å². The van der Waals surface area contributed by atoms with Crippen molar-refractivity contribution in [1.29, 1.82) is 0 Å². The number of nitrogens with two attached hydrogens (primary N) is 1. The quantitative estimate of drug-likeness (QED) is 0.788. The van der Waals surface area contributed by atoms with Crippen molar-refractivity contribution in [2.75, 3.05) is 5.32 Å². The Morgan fingerprint density at radius 2 is 1.96 bits per heavy atom. The molecule has 1 saturated carbocycles. The smallest absolute Gasteiger partial charge is 0.251 e. The van der Waals surface area contributed by atoms with Crippen LogP contribution >= 0.6 is 12.4 Å². The van der Waals surface area contributed by atoms with Gasteiger partial charge in [0.25, 0.3) is 5.91 Å². The Morgan fingerprint density at radius 1 is 1.26 bits per heavy atom. The van der Waals surface area contributed by atoms with Crippen LogP contribution in [0, 0.1) is 12.8 Å².